The Labute approximate surface area is 136 Å². The fourth-order valence-corrected chi connectivity index (χ4v) is 3.22. The molecule has 0 fully saturated rings. The van der Waals surface area contributed by atoms with Gasteiger partial charge in [-0.1, -0.05) is 26.0 Å². The van der Waals surface area contributed by atoms with Crippen molar-refractivity contribution in [3.05, 3.63) is 45.4 Å². The summed E-state index contributed by atoms with van der Waals surface area (Å²) in [6.45, 7) is 7.05. The molecular formula is C17H24N4S. The number of nitrogens with one attached hydrogen (secondary N) is 1. The number of hydrogen-bond acceptors (Lipinski definition) is 3. The number of anilines is 1. The maximum Gasteiger partial charge on any atom is 0.193 e. The van der Waals surface area contributed by atoms with Gasteiger partial charge in [-0.15, -0.1) is 11.3 Å². The molecule has 2 aromatic rings. The summed E-state index contributed by atoms with van der Waals surface area (Å²) in [5, 5.41) is 4.26. The third kappa shape index (κ3) is 4.56. The number of nitrogens with two attached hydrogens (primary N) is 1. The minimum atomic E-state index is 0.452. The molecule has 22 heavy (non-hydrogen) atoms. The molecule has 0 saturated heterocycles. The number of nitrogens with zero attached hydrogens (tertiary/aromatic N) is 2. The summed E-state index contributed by atoms with van der Waals surface area (Å²) in [6.07, 6.45) is 2.86. The second-order valence-corrected chi connectivity index (χ2v) is 6.44. The van der Waals surface area contributed by atoms with E-state index < -0.39 is 0 Å². The van der Waals surface area contributed by atoms with E-state index in [2.05, 4.69) is 48.2 Å². The molecule has 0 aliphatic rings. The zero-order chi connectivity index (χ0) is 15.9. The molecular weight excluding hydrogens is 292 g/mol. The highest BCUT2D eigenvalue weighted by molar-refractivity contribution is 7.11. The Hall–Kier alpha value is -1.88. The predicted octanol–water partition coefficient (Wildman–Crippen LogP) is 3.55. The molecule has 1 heterocycles. The highest BCUT2D eigenvalue weighted by atomic mass is 32.1. The fraction of sp³-hybridized carbons (Fsp3) is 0.412. The van der Waals surface area contributed by atoms with Gasteiger partial charge in [-0.05, 0) is 37.5 Å². The van der Waals surface area contributed by atoms with Gasteiger partial charge in [0.1, 0.15) is 0 Å². The summed E-state index contributed by atoms with van der Waals surface area (Å²) < 4.78 is 0. The first kappa shape index (κ1) is 16.5. The van der Waals surface area contributed by atoms with Crippen molar-refractivity contribution >= 4 is 23.0 Å². The number of rotatable bonds is 6. The van der Waals surface area contributed by atoms with E-state index in [1.807, 2.05) is 12.1 Å². The van der Waals surface area contributed by atoms with Gasteiger partial charge in [0, 0.05) is 23.5 Å². The normalized spacial score (nSPS) is 11.7. The third-order valence-electron chi connectivity index (χ3n) is 3.51. The van der Waals surface area contributed by atoms with Gasteiger partial charge in [0.25, 0.3) is 0 Å². The number of aliphatic imine (C=N–C) groups is 1. The van der Waals surface area contributed by atoms with Crippen molar-refractivity contribution in [3.8, 4) is 0 Å². The van der Waals surface area contributed by atoms with Crippen molar-refractivity contribution < 1.29 is 0 Å². The van der Waals surface area contributed by atoms with Crippen molar-refractivity contribution in [3.63, 3.8) is 0 Å². The van der Waals surface area contributed by atoms with Gasteiger partial charge in [-0.25, -0.2) is 4.98 Å². The Morgan fingerprint density at radius 2 is 1.95 bits per heavy atom. The van der Waals surface area contributed by atoms with Gasteiger partial charge in [-0.2, -0.15) is 0 Å². The lowest BCUT2D eigenvalue weighted by Crippen LogP contribution is -2.23. The van der Waals surface area contributed by atoms with E-state index in [-0.39, 0.29) is 0 Å². The van der Waals surface area contributed by atoms with E-state index in [9.17, 15) is 0 Å². The summed E-state index contributed by atoms with van der Waals surface area (Å²) in [4.78, 5) is 10.3. The highest BCUT2D eigenvalue weighted by Crippen LogP contribution is 2.18. The number of aryl methyl sites for hydroxylation is 3. The fourth-order valence-electron chi connectivity index (χ4n) is 2.21. The van der Waals surface area contributed by atoms with Crippen LogP contribution in [0.25, 0.3) is 0 Å². The third-order valence-corrected chi connectivity index (χ3v) is 4.59. The van der Waals surface area contributed by atoms with Crippen LogP contribution in [0.5, 0.6) is 0 Å². The first-order chi connectivity index (χ1) is 10.6. The Morgan fingerprint density at radius 3 is 2.55 bits per heavy atom. The first-order valence-corrected chi connectivity index (χ1v) is 8.55. The van der Waals surface area contributed by atoms with Gasteiger partial charge < -0.3 is 11.1 Å². The van der Waals surface area contributed by atoms with Crippen LogP contribution in [0.1, 0.15) is 35.0 Å². The van der Waals surface area contributed by atoms with E-state index in [0.29, 0.717) is 12.5 Å². The molecule has 4 nitrogen and oxygen atoms in total. The van der Waals surface area contributed by atoms with Gasteiger partial charge in [0.2, 0.25) is 0 Å². The second-order valence-electron chi connectivity index (χ2n) is 5.16. The molecule has 5 heteroatoms. The molecule has 2 rings (SSSR count). The van der Waals surface area contributed by atoms with Crippen molar-refractivity contribution in [2.24, 2.45) is 10.7 Å². The average Bonchev–Trinajstić information content (AvgIpc) is 2.88. The lowest BCUT2D eigenvalue weighted by atomic mass is 10.1. The topological polar surface area (TPSA) is 63.3 Å². The predicted molar refractivity (Wildman–Crippen MR) is 95.9 cm³/mol. The Bertz CT molecular complexity index is 629. The molecule has 1 aromatic heterocycles. The Kier molecular flexibility index (Phi) is 5.95. The van der Waals surface area contributed by atoms with Crippen molar-refractivity contribution in [1.82, 2.24) is 4.98 Å². The van der Waals surface area contributed by atoms with Crippen LogP contribution in [0.15, 0.2) is 29.3 Å². The standard InChI is InChI=1S/C17H24N4S/c1-4-13-6-8-14(9-7-13)20-17(18)19-11-10-16-21-15(5-2)12(3)22-16/h6-9H,4-5,10-11H2,1-3H3,(H3,18,19,20). The molecule has 0 saturated carbocycles. The number of aromatic nitrogens is 1. The maximum absolute atomic E-state index is 5.92. The zero-order valence-corrected chi connectivity index (χ0v) is 14.3. The van der Waals surface area contributed by atoms with Crippen molar-refractivity contribution in [2.75, 3.05) is 11.9 Å². The van der Waals surface area contributed by atoms with Crippen LogP contribution >= 0.6 is 11.3 Å². The van der Waals surface area contributed by atoms with E-state index in [0.717, 1.165) is 30.0 Å². The van der Waals surface area contributed by atoms with E-state index in [1.165, 1.54) is 16.1 Å². The van der Waals surface area contributed by atoms with Gasteiger partial charge in [0.05, 0.1) is 10.7 Å². The van der Waals surface area contributed by atoms with Crippen molar-refractivity contribution in [2.45, 2.75) is 40.0 Å². The van der Waals surface area contributed by atoms with Gasteiger partial charge in [-0.3, -0.25) is 4.99 Å². The molecule has 1 aromatic carbocycles. The summed E-state index contributed by atoms with van der Waals surface area (Å²) >= 11 is 1.76. The van der Waals surface area contributed by atoms with Crippen molar-refractivity contribution in [1.29, 1.82) is 0 Å². The monoisotopic (exact) mass is 316 g/mol. The van der Waals surface area contributed by atoms with Crippen LogP contribution in [0.3, 0.4) is 0 Å². The molecule has 118 valence electrons. The van der Waals surface area contributed by atoms with Crippen LogP contribution in [-0.2, 0) is 19.3 Å². The van der Waals surface area contributed by atoms with E-state index >= 15 is 0 Å². The molecule has 0 amide bonds. The van der Waals surface area contributed by atoms with Gasteiger partial charge >= 0.3 is 0 Å². The largest absolute Gasteiger partial charge is 0.370 e. The SMILES string of the molecule is CCc1ccc(NC(N)=NCCc2nc(CC)c(C)s2)cc1. The van der Waals surface area contributed by atoms with Crippen LogP contribution in [0, 0.1) is 6.92 Å². The van der Waals surface area contributed by atoms with E-state index in [1.54, 1.807) is 11.3 Å². The highest BCUT2D eigenvalue weighted by Gasteiger charge is 2.05. The average molecular weight is 316 g/mol. The summed E-state index contributed by atoms with van der Waals surface area (Å²) in [5.41, 5.74) is 9.40. The maximum atomic E-state index is 5.92. The Balaban J connectivity index is 1.86. The molecule has 0 unspecified atom stereocenters. The summed E-state index contributed by atoms with van der Waals surface area (Å²) in [7, 11) is 0. The van der Waals surface area contributed by atoms with Crippen LogP contribution in [-0.4, -0.2) is 17.5 Å². The summed E-state index contributed by atoms with van der Waals surface area (Å²) in [5.74, 6) is 0.452. The molecule has 0 spiro atoms. The summed E-state index contributed by atoms with van der Waals surface area (Å²) in [6, 6.07) is 8.25. The zero-order valence-electron chi connectivity index (χ0n) is 13.5. The van der Waals surface area contributed by atoms with Crippen LogP contribution in [0.4, 0.5) is 5.69 Å². The quantitative estimate of drug-likeness (QED) is 0.633. The molecule has 0 aliphatic carbocycles. The molecule has 0 atom stereocenters. The first-order valence-electron chi connectivity index (χ1n) is 7.73. The smallest absolute Gasteiger partial charge is 0.193 e. The molecule has 3 N–H and O–H groups in total. The Morgan fingerprint density at radius 1 is 1.23 bits per heavy atom. The van der Waals surface area contributed by atoms with Crippen LogP contribution < -0.4 is 11.1 Å². The minimum Gasteiger partial charge on any atom is -0.370 e. The molecule has 0 aliphatic heterocycles. The lowest BCUT2D eigenvalue weighted by Gasteiger charge is -2.06. The number of thiazole rings is 1. The number of hydrogen-bond donors (Lipinski definition) is 2. The van der Waals surface area contributed by atoms with Gasteiger partial charge in [0.15, 0.2) is 5.96 Å². The lowest BCUT2D eigenvalue weighted by molar-refractivity contribution is 0.925. The van der Waals surface area contributed by atoms with E-state index in [4.69, 9.17) is 5.73 Å². The number of benzene rings is 1. The number of guanidine groups is 1. The molecule has 0 bridgehead atoms. The minimum absolute atomic E-state index is 0.452. The van der Waals surface area contributed by atoms with Crippen LogP contribution in [0.2, 0.25) is 0 Å². The second kappa shape index (κ2) is 7.94. The molecule has 0 radical (unpaired) electrons.